The van der Waals surface area contributed by atoms with E-state index in [1.165, 1.54) is 17.5 Å². The van der Waals surface area contributed by atoms with Gasteiger partial charge in [-0.2, -0.15) is 0 Å². The lowest BCUT2D eigenvalue weighted by Crippen LogP contribution is -2.45. The van der Waals surface area contributed by atoms with Gasteiger partial charge in [0, 0.05) is 42.7 Å². The predicted molar refractivity (Wildman–Crippen MR) is 122 cm³/mol. The highest BCUT2D eigenvalue weighted by atomic mass is 32.2. The monoisotopic (exact) mass is 434 g/mol. The number of hydrogen-bond donors (Lipinski definition) is 0. The summed E-state index contributed by atoms with van der Waals surface area (Å²) in [5.41, 5.74) is 4.25. The second-order valence-electron chi connectivity index (χ2n) is 8.83. The maximum atomic E-state index is 11.6. The Bertz CT molecular complexity index is 1190. The van der Waals surface area contributed by atoms with Crippen LogP contribution < -0.4 is 4.90 Å². The van der Waals surface area contributed by atoms with Gasteiger partial charge in [-0.15, -0.1) is 0 Å². The van der Waals surface area contributed by atoms with Crippen molar-refractivity contribution in [3.05, 3.63) is 71.7 Å². The number of rotatable bonds is 4. The molecule has 0 bridgehead atoms. The third-order valence-electron chi connectivity index (χ3n) is 6.41. The lowest BCUT2D eigenvalue weighted by atomic mass is 9.77. The fraction of sp³-hybridized carbons (Fsp3) is 0.375. The van der Waals surface area contributed by atoms with Gasteiger partial charge in [0.2, 0.25) is 0 Å². The molecule has 1 aliphatic carbocycles. The van der Waals surface area contributed by atoms with Gasteiger partial charge >= 0.3 is 0 Å². The van der Waals surface area contributed by atoms with E-state index in [4.69, 9.17) is 4.98 Å². The zero-order valence-electron chi connectivity index (χ0n) is 17.7. The van der Waals surface area contributed by atoms with Crippen LogP contribution in [0.2, 0.25) is 0 Å². The molecule has 1 aliphatic heterocycles. The summed E-state index contributed by atoms with van der Waals surface area (Å²) in [6.07, 6.45) is 9.24. The first-order chi connectivity index (χ1) is 14.9. The van der Waals surface area contributed by atoms with Gasteiger partial charge in [-0.25, -0.2) is 23.4 Å². The van der Waals surface area contributed by atoms with E-state index in [9.17, 15) is 8.42 Å². The molecule has 7 heteroatoms. The average Bonchev–Trinajstić information content (AvgIpc) is 3.11. The van der Waals surface area contributed by atoms with Gasteiger partial charge in [0.15, 0.2) is 15.7 Å². The summed E-state index contributed by atoms with van der Waals surface area (Å²) in [5, 5.41) is 0. The summed E-state index contributed by atoms with van der Waals surface area (Å²) in [5.74, 6) is 1.72. The second kappa shape index (κ2) is 7.71. The number of nitrogens with zero attached hydrogens (tertiary/aromatic N) is 4. The van der Waals surface area contributed by atoms with Crippen LogP contribution in [-0.4, -0.2) is 42.7 Å². The Labute approximate surface area is 183 Å². The quantitative estimate of drug-likeness (QED) is 0.625. The highest BCUT2D eigenvalue weighted by Gasteiger charge is 2.44. The van der Waals surface area contributed by atoms with E-state index < -0.39 is 9.84 Å². The van der Waals surface area contributed by atoms with Crippen molar-refractivity contribution in [1.82, 2.24) is 15.0 Å². The van der Waals surface area contributed by atoms with Crippen LogP contribution in [0.5, 0.6) is 0 Å². The van der Waals surface area contributed by atoms with Crippen molar-refractivity contribution in [2.75, 3.05) is 24.2 Å². The van der Waals surface area contributed by atoms with Gasteiger partial charge in [-0.3, -0.25) is 0 Å². The molecule has 3 aromatic rings. The highest BCUT2D eigenvalue weighted by Crippen LogP contribution is 2.45. The number of sulfone groups is 1. The zero-order valence-corrected chi connectivity index (χ0v) is 18.5. The Morgan fingerprint density at radius 2 is 1.87 bits per heavy atom. The molecule has 5 rings (SSSR count). The van der Waals surface area contributed by atoms with E-state index in [0.717, 1.165) is 61.5 Å². The summed E-state index contributed by atoms with van der Waals surface area (Å²) in [7, 11) is -3.06. The molecule has 1 unspecified atom stereocenters. The molecule has 1 fully saturated rings. The molecule has 2 aromatic heterocycles. The highest BCUT2D eigenvalue weighted by molar-refractivity contribution is 7.89. The molecular formula is C24H26N4O2S. The Kier molecular flexibility index (Phi) is 5.01. The van der Waals surface area contributed by atoms with Crippen molar-refractivity contribution < 1.29 is 8.42 Å². The SMILES string of the molecule is CS(=O)(=O)Cc1ccc(N2CCCC3(CCc4cnc(-c5ccccc5)nc43)C2)nc1. The van der Waals surface area contributed by atoms with Crippen LogP contribution in [0, 0.1) is 0 Å². The topological polar surface area (TPSA) is 76.1 Å². The van der Waals surface area contributed by atoms with Crippen molar-refractivity contribution in [2.24, 2.45) is 0 Å². The van der Waals surface area contributed by atoms with Crippen LogP contribution in [0.1, 0.15) is 36.1 Å². The third-order valence-corrected chi connectivity index (χ3v) is 7.27. The van der Waals surface area contributed by atoms with E-state index in [1.54, 1.807) is 6.20 Å². The van der Waals surface area contributed by atoms with Crippen LogP contribution >= 0.6 is 0 Å². The van der Waals surface area contributed by atoms with Crippen molar-refractivity contribution in [2.45, 2.75) is 36.9 Å². The minimum atomic E-state index is -3.06. The lowest BCUT2D eigenvalue weighted by Gasteiger charge is -2.41. The average molecular weight is 435 g/mol. The molecular weight excluding hydrogens is 408 g/mol. The van der Waals surface area contributed by atoms with E-state index in [-0.39, 0.29) is 11.2 Å². The van der Waals surface area contributed by atoms with Crippen LogP contribution in [0.4, 0.5) is 5.82 Å². The molecule has 1 saturated heterocycles. The van der Waals surface area contributed by atoms with Crippen molar-refractivity contribution in [3.8, 4) is 11.4 Å². The molecule has 3 heterocycles. The number of benzene rings is 1. The van der Waals surface area contributed by atoms with Gasteiger partial charge in [-0.1, -0.05) is 36.4 Å². The predicted octanol–water partition coefficient (Wildman–Crippen LogP) is 3.57. The Morgan fingerprint density at radius 1 is 1.03 bits per heavy atom. The number of hydrogen-bond acceptors (Lipinski definition) is 6. The fourth-order valence-corrected chi connectivity index (χ4v) is 5.76. The van der Waals surface area contributed by atoms with Crippen LogP contribution in [0.15, 0.2) is 54.9 Å². The molecule has 1 spiro atoms. The Hall–Kier alpha value is -2.80. The number of aromatic nitrogens is 3. The van der Waals surface area contributed by atoms with Crippen molar-refractivity contribution in [1.29, 1.82) is 0 Å². The molecule has 0 amide bonds. The first-order valence-electron chi connectivity index (χ1n) is 10.7. The molecule has 1 aromatic carbocycles. The summed E-state index contributed by atoms with van der Waals surface area (Å²) in [6.45, 7) is 1.83. The first kappa shape index (κ1) is 20.1. The minimum absolute atomic E-state index is 0.0210. The number of piperidine rings is 1. The summed E-state index contributed by atoms with van der Waals surface area (Å²) in [6, 6.07) is 14.0. The molecule has 2 aliphatic rings. The van der Waals surface area contributed by atoms with Gasteiger partial charge < -0.3 is 4.90 Å². The van der Waals surface area contributed by atoms with Crippen LogP contribution in [0.25, 0.3) is 11.4 Å². The smallest absolute Gasteiger partial charge is 0.159 e. The van der Waals surface area contributed by atoms with Crippen LogP contribution in [0.3, 0.4) is 0 Å². The minimum Gasteiger partial charge on any atom is -0.356 e. The number of fused-ring (bicyclic) bond motifs is 2. The second-order valence-corrected chi connectivity index (χ2v) is 11.0. The van der Waals surface area contributed by atoms with E-state index >= 15 is 0 Å². The number of pyridine rings is 1. The molecule has 0 saturated carbocycles. The summed E-state index contributed by atoms with van der Waals surface area (Å²) >= 11 is 0. The fourth-order valence-electron chi connectivity index (χ4n) is 4.98. The lowest BCUT2D eigenvalue weighted by molar-refractivity contribution is 0.333. The molecule has 1 atom stereocenters. The molecule has 160 valence electrons. The van der Waals surface area contributed by atoms with Crippen LogP contribution in [-0.2, 0) is 27.4 Å². The van der Waals surface area contributed by atoms with Crippen molar-refractivity contribution in [3.63, 3.8) is 0 Å². The van der Waals surface area contributed by atoms with Crippen molar-refractivity contribution >= 4 is 15.7 Å². The van der Waals surface area contributed by atoms with Gasteiger partial charge in [-0.05, 0) is 42.9 Å². The molecule has 0 radical (unpaired) electrons. The maximum Gasteiger partial charge on any atom is 0.159 e. The Morgan fingerprint density at radius 3 is 2.61 bits per heavy atom. The maximum absolute atomic E-state index is 11.6. The number of aryl methyl sites for hydroxylation is 1. The first-order valence-corrected chi connectivity index (χ1v) is 12.8. The van der Waals surface area contributed by atoms with Gasteiger partial charge in [0.1, 0.15) is 5.82 Å². The Balaban J connectivity index is 1.42. The standard InChI is InChI=1S/C24H26N4O2S/c1-31(29,30)16-18-8-9-21(25-14-18)28-13-5-11-24(17-28)12-10-20-15-26-23(27-22(20)24)19-6-3-2-4-7-19/h2-4,6-9,14-15H,5,10-13,16-17H2,1H3. The zero-order chi connectivity index (χ0) is 21.5. The molecule has 6 nitrogen and oxygen atoms in total. The van der Waals surface area contributed by atoms with E-state index in [2.05, 4.69) is 27.0 Å². The van der Waals surface area contributed by atoms with E-state index in [1.807, 2.05) is 36.5 Å². The van der Waals surface area contributed by atoms with E-state index in [0.29, 0.717) is 0 Å². The summed E-state index contributed by atoms with van der Waals surface area (Å²) in [4.78, 5) is 16.6. The summed E-state index contributed by atoms with van der Waals surface area (Å²) < 4.78 is 23.1. The van der Waals surface area contributed by atoms with Gasteiger partial charge in [0.25, 0.3) is 0 Å². The third kappa shape index (κ3) is 4.06. The molecule has 0 N–H and O–H groups in total. The largest absolute Gasteiger partial charge is 0.356 e. The number of anilines is 1. The van der Waals surface area contributed by atoms with Gasteiger partial charge in [0.05, 0.1) is 11.4 Å². The molecule has 31 heavy (non-hydrogen) atoms. The normalized spacial score (nSPS) is 20.7.